The number of carbonyl (C=O) groups is 7. The number of nitrogens with one attached hydrogen (secondary N) is 2. The lowest BCUT2D eigenvalue weighted by atomic mass is 9.79. The topological polar surface area (TPSA) is 268 Å². The number of likely N-dealkylation sites (tertiary alicyclic amines) is 1. The number of amides is 4. The van der Waals surface area contributed by atoms with Crippen LogP contribution in [0.3, 0.4) is 0 Å². The highest BCUT2D eigenvalue weighted by atomic mass is 16.5. The Labute approximate surface area is 366 Å². The lowest BCUT2D eigenvalue weighted by molar-refractivity contribution is -0.191. The Morgan fingerprint density at radius 3 is 1.31 bits per heavy atom. The summed E-state index contributed by atoms with van der Waals surface area (Å²) in [6, 6.07) is -2.08. The van der Waals surface area contributed by atoms with Gasteiger partial charge in [-0.3, -0.25) is 38.5 Å². The molecule has 0 aromatic carbocycles. The Bertz CT molecular complexity index is 1510. The van der Waals surface area contributed by atoms with Gasteiger partial charge >= 0.3 is 6.15 Å². The van der Waals surface area contributed by atoms with Gasteiger partial charge in [-0.05, 0) is 16.2 Å². The highest BCUT2D eigenvalue weighted by Crippen LogP contribution is 2.37. The average Bonchev–Trinajstić information content (AvgIpc) is 3.40. The number of hydrogen-bond acceptors (Lipinski definition) is 13. The van der Waals surface area contributed by atoms with E-state index in [0.717, 1.165) is 4.90 Å². The molecule has 354 valence electrons. The molecule has 0 radical (unpaired) electrons. The van der Waals surface area contributed by atoms with Crippen molar-refractivity contribution in [3.63, 3.8) is 0 Å². The molecule has 0 aromatic rings. The standard InChI is InChI=1S/C15H26N2O3.C15H30N2O3.C14H28N2O2.CO2/c1-14(2,3)9-7-11(18)17(13(9)20)10(8-16)12(19)15(4,5)6;1-14(2,3)11(20-7)8-12(18)17-10(9-16)13(19)15(4,5)6;1-9(13(2,3)4)12(18)16-10(8-15)11(17)14(5,6)7;2-1-3/h9-10H,7-8,16H2,1-6H3;10-11H,8-9,16H2,1-7H3,(H,17,18);9-10H,8,15H2,1-7H3,(H,16,18);/t9?,10-;10-,11?;9?,10-;/m000./s1. The van der Waals surface area contributed by atoms with Gasteiger partial charge in [0.2, 0.25) is 23.6 Å². The molecule has 8 N–H and O–H groups in total. The third kappa shape index (κ3) is 21.3. The minimum Gasteiger partial charge on any atom is -0.380 e. The summed E-state index contributed by atoms with van der Waals surface area (Å²) in [5.74, 6) is -1.68. The van der Waals surface area contributed by atoms with Crippen molar-refractivity contribution in [1.29, 1.82) is 0 Å². The molecule has 6 atom stereocenters. The fourth-order valence-electron chi connectivity index (χ4n) is 5.85. The zero-order valence-electron chi connectivity index (χ0n) is 41.3. The predicted molar refractivity (Wildman–Crippen MR) is 236 cm³/mol. The average molecular weight is 869 g/mol. The highest BCUT2D eigenvalue weighted by Gasteiger charge is 2.49. The van der Waals surface area contributed by atoms with Gasteiger partial charge in [0, 0.05) is 55.3 Å². The van der Waals surface area contributed by atoms with Gasteiger partial charge in [0.15, 0.2) is 17.3 Å². The molecule has 1 fully saturated rings. The second-order valence-corrected chi connectivity index (χ2v) is 21.9. The number of Topliss-reactive ketones (excluding diaryl/α,β-unsaturated/α-hetero) is 3. The molecule has 0 spiro atoms. The van der Waals surface area contributed by atoms with Crippen LogP contribution in [0.2, 0.25) is 0 Å². The Morgan fingerprint density at radius 2 is 1.05 bits per heavy atom. The predicted octanol–water partition coefficient (Wildman–Crippen LogP) is 3.99. The van der Waals surface area contributed by atoms with Crippen molar-refractivity contribution >= 4 is 47.1 Å². The Morgan fingerprint density at radius 1 is 0.672 bits per heavy atom. The van der Waals surface area contributed by atoms with E-state index in [0.29, 0.717) is 0 Å². The number of methoxy groups -OCH3 is 1. The molecule has 1 aliphatic rings. The molecule has 1 aliphatic heterocycles. The highest BCUT2D eigenvalue weighted by molar-refractivity contribution is 6.08. The van der Waals surface area contributed by atoms with Crippen molar-refractivity contribution in [3.05, 3.63) is 0 Å². The van der Waals surface area contributed by atoms with Crippen LogP contribution in [0.25, 0.3) is 0 Å². The smallest absolute Gasteiger partial charge is 0.373 e. The molecule has 61 heavy (non-hydrogen) atoms. The van der Waals surface area contributed by atoms with Gasteiger partial charge in [0.05, 0.1) is 18.4 Å². The second-order valence-electron chi connectivity index (χ2n) is 21.9. The fourth-order valence-corrected chi connectivity index (χ4v) is 5.85. The van der Waals surface area contributed by atoms with Crippen molar-refractivity contribution < 1.29 is 47.9 Å². The van der Waals surface area contributed by atoms with E-state index in [1.54, 1.807) is 27.9 Å². The normalized spacial score (nSPS) is 17.3. The molecule has 16 heteroatoms. The minimum atomic E-state index is -0.845. The van der Waals surface area contributed by atoms with Crippen LogP contribution in [0.15, 0.2) is 0 Å². The molecular weight excluding hydrogens is 785 g/mol. The van der Waals surface area contributed by atoms with Gasteiger partial charge in [-0.25, -0.2) is 0 Å². The van der Waals surface area contributed by atoms with E-state index < -0.39 is 34.4 Å². The number of ether oxygens (including phenoxy) is 1. The van der Waals surface area contributed by atoms with Crippen LogP contribution in [-0.2, 0) is 47.9 Å². The van der Waals surface area contributed by atoms with Crippen molar-refractivity contribution in [1.82, 2.24) is 15.5 Å². The first-order valence-corrected chi connectivity index (χ1v) is 20.9. The number of nitrogens with two attached hydrogens (primary N) is 3. The zero-order chi connectivity index (χ0) is 49.4. The molecule has 16 nitrogen and oxygen atoms in total. The third-order valence-corrected chi connectivity index (χ3v) is 10.4. The molecule has 1 saturated heterocycles. The molecular formula is C45H84N6O10. The van der Waals surface area contributed by atoms with Gasteiger partial charge in [0.1, 0.15) is 18.1 Å². The maximum absolute atomic E-state index is 12.5. The Balaban J connectivity index is -0.000000801. The maximum atomic E-state index is 12.5. The molecule has 1 rings (SSSR count). The van der Waals surface area contributed by atoms with Crippen LogP contribution >= 0.6 is 0 Å². The number of carbonyl (C=O) groups excluding carboxylic acids is 9. The van der Waals surface area contributed by atoms with Crippen LogP contribution in [0, 0.1) is 44.3 Å². The van der Waals surface area contributed by atoms with Crippen LogP contribution in [0.1, 0.15) is 144 Å². The van der Waals surface area contributed by atoms with E-state index in [9.17, 15) is 33.6 Å². The van der Waals surface area contributed by atoms with E-state index in [1.165, 1.54) is 0 Å². The number of imide groups is 1. The van der Waals surface area contributed by atoms with E-state index in [1.807, 2.05) is 111 Å². The summed E-state index contributed by atoms with van der Waals surface area (Å²) >= 11 is 0. The summed E-state index contributed by atoms with van der Waals surface area (Å²) in [4.78, 5) is 103. The largest absolute Gasteiger partial charge is 0.380 e. The first-order valence-electron chi connectivity index (χ1n) is 20.9. The first-order chi connectivity index (χ1) is 27.2. The quantitative estimate of drug-likeness (QED) is 0.164. The van der Waals surface area contributed by atoms with Crippen molar-refractivity contribution in [2.24, 2.45) is 61.5 Å². The Kier molecular flexibility index (Phi) is 25.1. The van der Waals surface area contributed by atoms with Gasteiger partial charge in [-0.1, -0.05) is 132 Å². The molecule has 1 heterocycles. The van der Waals surface area contributed by atoms with Crippen molar-refractivity contribution in [2.45, 2.75) is 169 Å². The summed E-state index contributed by atoms with van der Waals surface area (Å²) in [6.07, 6.45) is 0.426. The third-order valence-electron chi connectivity index (χ3n) is 10.4. The fraction of sp³-hybridized carbons (Fsp3) is 0.822. The van der Waals surface area contributed by atoms with Gasteiger partial charge in [0.25, 0.3) is 0 Å². The number of hydrogen-bond donors (Lipinski definition) is 5. The van der Waals surface area contributed by atoms with Gasteiger partial charge in [-0.2, -0.15) is 9.59 Å². The monoisotopic (exact) mass is 869 g/mol. The SMILES string of the molecule is CC(C(=O)N[C@@H](CN)C(=O)C(C)(C)C)C(C)(C)C.CC(C)(C)C(=O)[C@H](CN)N1C(=O)CC(C(C)(C)C)C1=O.COC(CC(=O)N[C@@H](CN)C(=O)C(C)(C)C)C(C)(C)C.O=C=O. The summed E-state index contributed by atoms with van der Waals surface area (Å²) in [5.41, 5.74) is 14.6. The number of nitrogens with zero attached hydrogens (tertiary/aromatic N) is 1. The second kappa shape index (κ2) is 24.8. The maximum Gasteiger partial charge on any atom is 0.373 e. The zero-order valence-corrected chi connectivity index (χ0v) is 41.3. The molecule has 0 saturated carbocycles. The molecule has 0 aliphatic carbocycles. The molecule has 0 bridgehead atoms. The lowest BCUT2D eigenvalue weighted by Crippen LogP contribution is -2.53. The van der Waals surface area contributed by atoms with E-state index in [4.69, 9.17) is 31.5 Å². The van der Waals surface area contributed by atoms with Crippen LogP contribution < -0.4 is 27.8 Å². The lowest BCUT2D eigenvalue weighted by Gasteiger charge is -2.31. The van der Waals surface area contributed by atoms with E-state index >= 15 is 0 Å². The number of rotatable bonds is 13. The van der Waals surface area contributed by atoms with Gasteiger partial charge < -0.3 is 32.6 Å². The minimum absolute atomic E-state index is 0.0234. The number of ketones is 3. The van der Waals surface area contributed by atoms with Crippen molar-refractivity contribution in [2.75, 3.05) is 26.7 Å². The van der Waals surface area contributed by atoms with Crippen LogP contribution in [-0.4, -0.2) is 103 Å². The van der Waals surface area contributed by atoms with Gasteiger partial charge in [-0.15, -0.1) is 0 Å². The summed E-state index contributed by atoms with van der Waals surface area (Å²) in [5, 5.41) is 5.48. The van der Waals surface area contributed by atoms with E-state index in [2.05, 4.69) is 10.6 Å². The summed E-state index contributed by atoms with van der Waals surface area (Å²) in [7, 11) is 1.59. The van der Waals surface area contributed by atoms with Crippen LogP contribution in [0.4, 0.5) is 0 Å². The summed E-state index contributed by atoms with van der Waals surface area (Å²) in [6.45, 7) is 36.1. The molecule has 0 aromatic heterocycles. The van der Waals surface area contributed by atoms with E-state index in [-0.39, 0.29) is 114 Å². The first kappa shape index (κ1) is 61.6. The van der Waals surface area contributed by atoms with Crippen LogP contribution in [0.5, 0.6) is 0 Å². The Hall–Kier alpha value is -3.69. The van der Waals surface area contributed by atoms with Crippen molar-refractivity contribution in [3.8, 4) is 0 Å². The summed E-state index contributed by atoms with van der Waals surface area (Å²) < 4.78 is 5.35. The molecule has 3 unspecified atom stereocenters. The molecule has 4 amide bonds.